The van der Waals surface area contributed by atoms with Crippen LogP contribution in [0.25, 0.3) is 0 Å². The van der Waals surface area contributed by atoms with Crippen LogP contribution in [-0.2, 0) is 17.7 Å². The molecule has 6 nitrogen and oxygen atoms in total. The predicted octanol–water partition coefficient (Wildman–Crippen LogP) is 2.84. The fourth-order valence-corrected chi connectivity index (χ4v) is 3.32. The molecule has 0 saturated carbocycles. The molecule has 0 fully saturated rings. The second kappa shape index (κ2) is 9.91. The summed E-state index contributed by atoms with van der Waals surface area (Å²) in [6.45, 7) is 8.27. The average Bonchev–Trinajstić information content (AvgIpc) is 2.96. The van der Waals surface area contributed by atoms with Crippen molar-refractivity contribution < 1.29 is 9.53 Å². The number of thiazole rings is 1. The Balaban J connectivity index is 1.88. The number of hydrogen-bond acceptors (Lipinski definition) is 5. The van der Waals surface area contributed by atoms with Gasteiger partial charge in [0, 0.05) is 18.0 Å². The van der Waals surface area contributed by atoms with E-state index in [0.29, 0.717) is 12.1 Å². The van der Waals surface area contributed by atoms with Crippen molar-refractivity contribution in [2.24, 2.45) is 4.99 Å². The number of benzene rings is 1. The Morgan fingerprint density at radius 1 is 1.23 bits per heavy atom. The number of aryl methyl sites for hydroxylation is 2. The molecule has 0 unspecified atom stereocenters. The quantitative estimate of drug-likeness (QED) is 0.443. The van der Waals surface area contributed by atoms with E-state index >= 15 is 0 Å². The molecule has 1 aromatic carbocycles. The Morgan fingerprint density at radius 2 is 1.96 bits per heavy atom. The predicted molar refractivity (Wildman–Crippen MR) is 106 cm³/mol. The second-order valence-corrected chi connectivity index (χ2v) is 7.09. The lowest BCUT2D eigenvalue weighted by molar-refractivity contribution is 0.0600. The van der Waals surface area contributed by atoms with Crippen molar-refractivity contribution in [3.05, 3.63) is 51.0 Å². The van der Waals surface area contributed by atoms with E-state index in [9.17, 15) is 4.79 Å². The number of rotatable bonds is 7. The first-order chi connectivity index (χ1) is 12.5. The van der Waals surface area contributed by atoms with Crippen LogP contribution in [0.5, 0.6) is 0 Å². The lowest BCUT2D eigenvalue weighted by Crippen LogP contribution is -2.38. The standard InChI is InChI=1S/C19H26N4O2S/c1-5-20-19(22-12-17-13(2)23-14(3)26-17)21-11-10-15-6-8-16(9-7-15)18(24)25-4/h6-9H,5,10-12H2,1-4H3,(H2,20,21,22). The van der Waals surface area contributed by atoms with Crippen LogP contribution in [0.3, 0.4) is 0 Å². The fourth-order valence-electron chi connectivity index (χ4n) is 2.46. The first-order valence-corrected chi connectivity index (χ1v) is 9.47. The van der Waals surface area contributed by atoms with Crippen LogP contribution >= 0.6 is 11.3 Å². The highest BCUT2D eigenvalue weighted by Crippen LogP contribution is 2.17. The third-order valence-corrected chi connectivity index (χ3v) is 4.86. The van der Waals surface area contributed by atoms with Gasteiger partial charge in [-0.25, -0.2) is 14.8 Å². The minimum atomic E-state index is -0.315. The van der Waals surface area contributed by atoms with Gasteiger partial charge in [-0.1, -0.05) is 12.1 Å². The lowest BCUT2D eigenvalue weighted by Gasteiger charge is -2.11. The summed E-state index contributed by atoms with van der Waals surface area (Å²) in [5, 5.41) is 7.68. The number of nitrogens with one attached hydrogen (secondary N) is 2. The van der Waals surface area contributed by atoms with Gasteiger partial charge in [0.2, 0.25) is 0 Å². The van der Waals surface area contributed by atoms with E-state index < -0.39 is 0 Å². The number of carbonyl (C=O) groups is 1. The van der Waals surface area contributed by atoms with Crippen molar-refractivity contribution in [1.29, 1.82) is 0 Å². The molecule has 0 aliphatic rings. The van der Waals surface area contributed by atoms with E-state index in [0.717, 1.165) is 41.7 Å². The van der Waals surface area contributed by atoms with Crippen LogP contribution in [0.2, 0.25) is 0 Å². The number of carbonyl (C=O) groups excluding carboxylic acids is 1. The van der Waals surface area contributed by atoms with Gasteiger partial charge < -0.3 is 15.4 Å². The maximum atomic E-state index is 11.5. The third kappa shape index (κ3) is 5.84. The van der Waals surface area contributed by atoms with E-state index in [-0.39, 0.29) is 5.97 Å². The van der Waals surface area contributed by atoms with Crippen molar-refractivity contribution in [3.63, 3.8) is 0 Å². The minimum absolute atomic E-state index is 0.315. The Kier molecular flexibility index (Phi) is 7.59. The smallest absolute Gasteiger partial charge is 0.337 e. The van der Waals surface area contributed by atoms with E-state index in [1.54, 1.807) is 23.5 Å². The summed E-state index contributed by atoms with van der Waals surface area (Å²) >= 11 is 1.69. The zero-order valence-electron chi connectivity index (χ0n) is 15.8. The number of ether oxygens (including phenoxy) is 1. The number of nitrogens with zero attached hydrogens (tertiary/aromatic N) is 2. The van der Waals surface area contributed by atoms with Gasteiger partial charge in [-0.15, -0.1) is 11.3 Å². The number of esters is 1. The second-order valence-electron chi connectivity index (χ2n) is 5.80. The van der Waals surface area contributed by atoms with Gasteiger partial charge in [-0.2, -0.15) is 0 Å². The third-order valence-electron chi connectivity index (χ3n) is 3.81. The molecule has 0 atom stereocenters. The Morgan fingerprint density at radius 3 is 2.54 bits per heavy atom. The summed E-state index contributed by atoms with van der Waals surface area (Å²) in [6, 6.07) is 7.47. The molecule has 0 bridgehead atoms. The molecule has 26 heavy (non-hydrogen) atoms. The number of aliphatic imine (C=N–C) groups is 1. The van der Waals surface area contributed by atoms with Crippen LogP contribution in [0.1, 0.15) is 38.4 Å². The Labute approximate surface area is 158 Å². The van der Waals surface area contributed by atoms with Crippen molar-refractivity contribution in [2.75, 3.05) is 20.2 Å². The van der Waals surface area contributed by atoms with Crippen LogP contribution in [-0.4, -0.2) is 37.1 Å². The minimum Gasteiger partial charge on any atom is -0.465 e. The zero-order valence-corrected chi connectivity index (χ0v) is 16.6. The summed E-state index contributed by atoms with van der Waals surface area (Å²) in [5.74, 6) is 0.481. The first kappa shape index (κ1) is 19.9. The molecular weight excluding hydrogens is 348 g/mol. The van der Waals surface area contributed by atoms with Gasteiger partial charge in [0.1, 0.15) is 0 Å². The Bertz CT molecular complexity index is 753. The fraction of sp³-hybridized carbons (Fsp3) is 0.421. The van der Waals surface area contributed by atoms with E-state index in [1.165, 1.54) is 12.0 Å². The zero-order chi connectivity index (χ0) is 18.9. The van der Waals surface area contributed by atoms with Gasteiger partial charge in [-0.3, -0.25) is 0 Å². The molecular formula is C19H26N4O2S. The molecule has 0 saturated heterocycles. The van der Waals surface area contributed by atoms with Crippen molar-refractivity contribution in [1.82, 2.24) is 15.6 Å². The normalized spacial score (nSPS) is 11.3. The van der Waals surface area contributed by atoms with Gasteiger partial charge in [0.15, 0.2) is 5.96 Å². The highest BCUT2D eigenvalue weighted by atomic mass is 32.1. The van der Waals surface area contributed by atoms with Gasteiger partial charge in [-0.05, 0) is 44.9 Å². The van der Waals surface area contributed by atoms with Gasteiger partial charge in [0.05, 0.1) is 29.9 Å². The molecule has 0 aliphatic carbocycles. The van der Waals surface area contributed by atoms with Crippen LogP contribution < -0.4 is 10.6 Å². The molecule has 2 N–H and O–H groups in total. The summed E-state index contributed by atoms with van der Waals surface area (Å²) in [5.41, 5.74) is 2.77. The van der Waals surface area contributed by atoms with Crippen LogP contribution in [0.4, 0.5) is 0 Å². The molecule has 0 aliphatic heterocycles. The van der Waals surface area contributed by atoms with Crippen molar-refractivity contribution in [2.45, 2.75) is 33.7 Å². The molecule has 0 radical (unpaired) electrons. The average molecular weight is 375 g/mol. The lowest BCUT2D eigenvalue weighted by atomic mass is 10.1. The number of guanidine groups is 1. The first-order valence-electron chi connectivity index (χ1n) is 8.65. The molecule has 2 rings (SSSR count). The van der Waals surface area contributed by atoms with Crippen molar-refractivity contribution >= 4 is 23.3 Å². The molecule has 0 spiro atoms. The van der Waals surface area contributed by atoms with Crippen LogP contribution in [0, 0.1) is 13.8 Å². The molecule has 2 aromatic rings. The van der Waals surface area contributed by atoms with Crippen molar-refractivity contribution in [3.8, 4) is 0 Å². The highest BCUT2D eigenvalue weighted by Gasteiger charge is 2.06. The molecule has 0 amide bonds. The molecule has 1 aromatic heterocycles. The maximum absolute atomic E-state index is 11.5. The SMILES string of the molecule is CCNC(=NCc1sc(C)nc1C)NCCc1ccc(C(=O)OC)cc1. The maximum Gasteiger partial charge on any atom is 0.337 e. The summed E-state index contributed by atoms with van der Waals surface area (Å²) in [6.07, 6.45) is 0.838. The number of methoxy groups -OCH3 is 1. The topological polar surface area (TPSA) is 75.6 Å². The Hall–Kier alpha value is -2.41. The van der Waals surface area contributed by atoms with E-state index in [2.05, 4.69) is 20.6 Å². The van der Waals surface area contributed by atoms with E-state index in [4.69, 9.17) is 4.74 Å². The summed E-state index contributed by atoms with van der Waals surface area (Å²) in [4.78, 5) is 21.7. The number of aromatic nitrogens is 1. The van der Waals surface area contributed by atoms with E-state index in [1.807, 2.05) is 32.9 Å². The molecule has 7 heteroatoms. The highest BCUT2D eigenvalue weighted by molar-refractivity contribution is 7.11. The monoisotopic (exact) mass is 374 g/mol. The summed E-state index contributed by atoms with van der Waals surface area (Å²) in [7, 11) is 1.39. The number of hydrogen-bond donors (Lipinski definition) is 2. The largest absolute Gasteiger partial charge is 0.465 e. The van der Waals surface area contributed by atoms with Gasteiger partial charge >= 0.3 is 5.97 Å². The molecule has 1 heterocycles. The molecule has 140 valence electrons. The van der Waals surface area contributed by atoms with Crippen LogP contribution in [0.15, 0.2) is 29.3 Å². The van der Waals surface area contributed by atoms with Gasteiger partial charge in [0.25, 0.3) is 0 Å². The summed E-state index contributed by atoms with van der Waals surface area (Å²) < 4.78 is 4.71.